The van der Waals surface area contributed by atoms with Crippen LogP contribution in [0, 0.1) is 0 Å². The van der Waals surface area contributed by atoms with Gasteiger partial charge in [0.1, 0.15) is 5.82 Å². The van der Waals surface area contributed by atoms with E-state index in [-0.39, 0.29) is 12.4 Å². The Hall–Kier alpha value is -0.750. The highest BCUT2D eigenvalue weighted by molar-refractivity contribution is 9.10. The average Bonchev–Trinajstić information content (AvgIpc) is 2.70. The second-order valence-electron chi connectivity index (χ2n) is 2.75. The SMILES string of the molecule is Cl.Cn1ncc(Br)c1NC1=NCCN1. The van der Waals surface area contributed by atoms with Crippen molar-refractivity contribution < 1.29 is 0 Å². The lowest BCUT2D eigenvalue weighted by molar-refractivity contribution is 0.776. The van der Waals surface area contributed by atoms with Crippen LogP contribution >= 0.6 is 28.3 Å². The number of hydrogen-bond donors (Lipinski definition) is 2. The van der Waals surface area contributed by atoms with Crippen molar-refractivity contribution in [2.75, 3.05) is 18.4 Å². The van der Waals surface area contributed by atoms with Gasteiger partial charge in [0.05, 0.1) is 17.2 Å². The number of anilines is 1. The van der Waals surface area contributed by atoms with Gasteiger partial charge in [-0.3, -0.25) is 9.67 Å². The third kappa shape index (κ3) is 2.19. The van der Waals surface area contributed by atoms with Crippen LogP contribution in [0.2, 0.25) is 0 Å². The van der Waals surface area contributed by atoms with E-state index >= 15 is 0 Å². The topological polar surface area (TPSA) is 54.2 Å². The van der Waals surface area contributed by atoms with Crippen molar-refractivity contribution in [3.8, 4) is 0 Å². The molecule has 1 aliphatic rings. The number of aliphatic imine (C=N–C) groups is 1. The first kappa shape index (κ1) is 11.3. The minimum absolute atomic E-state index is 0. The maximum atomic E-state index is 4.23. The maximum absolute atomic E-state index is 4.23. The zero-order valence-electron chi connectivity index (χ0n) is 7.62. The van der Waals surface area contributed by atoms with Crippen LogP contribution in [0.15, 0.2) is 15.7 Å². The summed E-state index contributed by atoms with van der Waals surface area (Å²) in [6.45, 7) is 1.73. The third-order valence-corrected chi connectivity index (χ3v) is 2.39. The van der Waals surface area contributed by atoms with Crippen LogP contribution in [0.4, 0.5) is 5.82 Å². The summed E-state index contributed by atoms with van der Waals surface area (Å²) in [5.74, 6) is 1.72. The zero-order valence-corrected chi connectivity index (χ0v) is 10.0. The second-order valence-corrected chi connectivity index (χ2v) is 3.60. The van der Waals surface area contributed by atoms with E-state index in [1.54, 1.807) is 10.9 Å². The predicted molar refractivity (Wildman–Crippen MR) is 62.1 cm³/mol. The Morgan fingerprint density at radius 1 is 1.64 bits per heavy atom. The quantitative estimate of drug-likeness (QED) is 0.806. The van der Waals surface area contributed by atoms with Crippen molar-refractivity contribution >= 4 is 40.1 Å². The van der Waals surface area contributed by atoms with Crippen molar-refractivity contribution in [1.82, 2.24) is 15.1 Å². The fourth-order valence-electron chi connectivity index (χ4n) is 1.15. The highest BCUT2D eigenvalue weighted by atomic mass is 79.9. The summed E-state index contributed by atoms with van der Waals surface area (Å²) in [5.41, 5.74) is 0. The summed E-state index contributed by atoms with van der Waals surface area (Å²) in [7, 11) is 1.88. The number of hydrogen-bond acceptors (Lipinski definition) is 4. The van der Waals surface area contributed by atoms with E-state index < -0.39 is 0 Å². The molecule has 5 nitrogen and oxygen atoms in total. The summed E-state index contributed by atoms with van der Waals surface area (Å²) >= 11 is 3.40. The van der Waals surface area contributed by atoms with E-state index in [4.69, 9.17) is 0 Å². The second kappa shape index (κ2) is 4.65. The van der Waals surface area contributed by atoms with Gasteiger partial charge in [0.2, 0.25) is 0 Å². The van der Waals surface area contributed by atoms with Gasteiger partial charge < -0.3 is 10.6 Å². The molecule has 0 saturated heterocycles. The molecule has 1 aliphatic heterocycles. The van der Waals surface area contributed by atoms with Crippen LogP contribution < -0.4 is 10.6 Å². The molecule has 1 aromatic heterocycles. The minimum Gasteiger partial charge on any atom is -0.354 e. The molecule has 0 saturated carbocycles. The van der Waals surface area contributed by atoms with Crippen LogP contribution in [-0.4, -0.2) is 28.8 Å². The zero-order chi connectivity index (χ0) is 9.26. The summed E-state index contributed by atoms with van der Waals surface area (Å²) in [4.78, 5) is 4.23. The Labute approximate surface area is 96.5 Å². The molecule has 2 N–H and O–H groups in total. The highest BCUT2D eigenvalue weighted by Gasteiger charge is 2.10. The smallest absolute Gasteiger partial charge is 0.197 e. The number of aromatic nitrogens is 2. The number of nitrogens with one attached hydrogen (secondary N) is 2. The molecule has 2 rings (SSSR count). The third-order valence-electron chi connectivity index (χ3n) is 1.81. The van der Waals surface area contributed by atoms with Gasteiger partial charge in [0, 0.05) is 13.6 Å². The number of aryl methyl sites for hydroxylation is 1. The van der Waals surface area contributed by atoms with Gasteiger partial charge in [-0.25, -0.2) is 0 Å². The van der Waals surface area contributed by atoms with Crippen molar-refractivity contribution in [3.63, 3.8) is 0 Å². The molecule has 0 aromatic carbocycles. The summed E-state index contributed by atoms with van der Waals surface area (Å²) < 4.78 is 2.69. The first-order valence-corrected chi connectivity index (χ1v) is 4.79. The Morgan fingerprint density at radius 2 is 2.43 bits per heavy atom. The highest BCUT2D eigenvalue weighted by Crippen LogP contribution is 2.20. The van der Waals surface area contributed by atoms with Crippen molar-refractivity contribution in [2.45, 2.75) is 0 Å². The summed E-state index contributed by atoms with van der Waals surface area (Å²) in [6, 6.07) is 0. The molecule has 0 fully saturated rings. The monoisotopic (exact) mass is 279 g/mol. The molecule has 14 heavy (non-hydrogen) atoms. The molecule has 0 bridgehead atoms. The lowest BCUT2D eigenvalue weighted by Crippen LogP contribution is -2.27. The van der Waals surface area contributed by atoms with Crippen molar-refractivity contribution in [3.05, 3.63) is 10.7 Å². The van der Waals surface area contributed by atoms with E-state index in [0.29, 0.717) is 0 Å². The van der Waals surface area contributed by atoms with Gasteiger partial charge in [-0.1, -0.05) is 0 Å². The first-order valence-electron chi connectivity index (χ1n) is 4.00. The lowest BCUT2D eigenvalue weighted by atomic mass is 10.6. The molecule has 0 radical (unpaired) electrons. The fourth-order valence-corrected chi connectivity index (χ4v) is 1.59. The fraction of sp³-hybridized carbons (Fsp3) is 0.429. The summed E-state index contributed by atoms with van der Waals surface area (Å²) in [5, 5.41) is 10.4. The maximum Gasteiger partial charge on any atom is 0.197 e. The average molecular weight is 281 g/mol. The molecule has 78 valence electrons. The summed E-state index contributed by atoms with van der Waals surface area (Å²) in [6.07, 6.45) is 1.75. The van der Waals surface area contributed by atoms with E-state index in [0.717, 1.165) is 29.3 Å². The van der Waals surface area contributed by atoms with Gasteiger partial charge in [-0.05, 0) is 15.9 Å². The largest absolute Gasteiger partial charge is 0.354 e. The van der Waals surface area contributed by atoms with Gasteiger partial charge >= 0.3 is 0 Å². The molecule has 0 amide bonds. The number of guanidine groups is 1. The first-order chi connectivity index (χ1) is 6.27. The van der Waals surface area contributed by atoms with Gasteiger partial charge in [0.25, 0.3) is 0 Å². The number of halogens is 2. The van der Waals surface area contributed by atoms with E-state index in [9.17, 15) is 0 Å². The van der Waals surface area contributed by atoms with E-state index in [2.05, 4.69) is 36.7 Å². The molecular formula is C7H11BrClN5. The van der Waals surface area contributed by atoms with Gasteiger partial charge in [-0.2, -0.15) is 5.10 Å². The van der Waals surface area contributed by atoms with E-state index in [1.807, 2.05) is 7.05 Å². The lowest BCUT2D eigenvalue weighted by Gasteiger charge is -2.06. The predicted octanol–water partition coefficient (Wildman–Crippen LogP) is 0.976. The number of nitrogens with zero attached hydrogens (tertiary/aromatic N) is 3. The Morgan fingerprint density at radius 3 is 2.93 bits per heavy atom. The molecule has 0 unspecified atom stereocenters. The van der Waals surface area contributed by atoms with Gasteiger partial charge in [0.15, 0.2) is 5.96 Å². The minimum atomic E-state index is 0. The van der Waals surface area contributed by atoms with Crippen LogP contribution in [0.5, 0.6) is 0 Å². The Bertz CT molecular complexity index is 328. The molecule has 0 aliphatic carbocycles. The van der Waals surface area contributed by atoms with Crippen molar-refractivity contribution in [2.24, 2.45) is 12.0 Å². The molecular weight excluding hydrogens is 269 g/mol. The van der Waals surface area contributed by atoms with Crippen LogP contribution in [-0.2, 0) is 7.05 Å². The standard InChI is InChI=1S/C7H10BrN5.ClH/c1-13-6(5(8)4-11-13)12-7-9-2-3-10-7;/h4H,2-3H2,1H3,(H2,9,10,12);1H. The number of rotatable bonds is 1. The molecule has 1 aromatic rings. The Balaban J connectivity index is 0.000000980. The molecule has 2 heterocycles. The molecule has 0 spiro atoms. The van der Waals surface area contributed by atoms with Crippen LogP contribution in [0.3, 0.4) is 0 Å². The Kier molecular flexibility index (Phi) is 3.77. The van der Waals surface area contributed by atoms with E-state index in [1.165, 1.54) is 0 Å². The molecule has 7 heteroatoms. The van der Waals surface area contributed by atoms with Gasteiger partial charge in [-0.15, -0.1) is 12.4 Å². The van der Waals surface area contributed by atoms with Crippen molar-refractivity contribution in [1.29, 1.82) is 0 Å². The van der Waals surface area contributed by atoms with Crippen LogP contribution in [0.1, 0.15) is 0 Å². The normalized spacial score (nSPS) is 14.3. The van der Waals surface area contributed by atoms with Crippen LogP contribution in [0.25, 0.3) is 0 Å². The molecule has 0 atom stereocenters.